The van der Waals surface area contributed by atoms with Crippen LogP contribution in [0, 0.1) is 0 Å². The summed E-state index contributed by atoms with van der Waals surface area (Å²) < 4.78 is 7.19. The SMILES string of the molecule is CCCC(N)c1cc(-c2cnn(C(C)C)c2)no1. The molecule has 0 radical (unpaired) electrons. The van der Waals surface area contributed by atoms with Crippen molar-refractivity contribution in [3.63, 3.8) is 0 Å². The van der Waals surface area contributed by atoms with Gasteiger partial charge in [0.15, 0.2) is 5.76 Å². The van der Waals surface area contributed by atoms with Crippen molar-refractivity contribution in [2.75, 3.05) is 0 Å². The predicted molar refractivity (Wildman–Crippen MR) is 69.9 cm³/mol. The van der Waals surface area contributed by atoms with Gasteiger partial charge in [0.05, 0.1) is 12.2 Å². The van der Waals surface area contributed by atoms with Crippen LogP contribution in [0.2, 0.25) is 0 Å². The molecule has 0 saturated carbocycles. The van der Waals surface area contributed by atoms with Gasteiger partial charge in [0.1, 0.15) is 5.69 Å². The van der Waals surface area contributed by atoms with Crippen molar-refractivity contribution in [3.8, 4) is 11.3 Å². The van der Waals surface area contributed by atoms with Crippen LogP contribution in [-0.2, 0) is 0 Å². The van der Waals surface area contributed by atoms with E-state index in [1.54, 1.807) is 6.20 Å². The number of nitrogens with two attached hydrogens (primary N) is 1. The highest BCUT2D eigenvalue weighted by Gasteiger charge is 2.14. The van der Waals surface area contributed by atoms with Gasteiger partial charge in [-0.3, -0.25) is 4.68 Å². The summed E-state index contributed by atoms with van der Waals surface area (Å²) in [6.45, 7) is 6.27. The second-order valence-corrected chi connectivity index (χ2v) is 4.81. The molecule has 2 aromatic rings. The van der Waals surface area contributed by atoms with E-state index in [1.165, 1.54) is 0 Å². The number of nitrogens with zero attached hydrogens (tertiary/aromatic N) is 3. The van der Waals surface area contributed by atoms with Crippen LogP contribution in [-0.4, -0.2) is 14.9 Å². The van der Waals surface area contributed by atoms with Gasteiger partial charge in [0.2, 0.25) is 0 Å². The monoisotopic (exact) mass is 248 g/mol. The zero-order chi connectivity index (χ0) is 13.1. The summed E-state index contributed by atoms with van der Waals surface area (Å²) in [6, 6.07) is 2.17. The topological polar surface area (TPSA) is 69.9 Å². The predicted octanol–water partition coefficient (Wildman–Crippen LogP) is 2.92. The molecular formula is C13H20N4O. The Morgan fingerprint density at radius 1 is 1.44 bits per heavy atom. The van der Waals surface area contributed by atoms with Crippen LogP contribution in [0.5, 0.6) is 0 Å². The molecule has 2 heterocycles. The minimum atomic E-state index is -0.0728. The van der Waals surface area contributed by atoms with Crippen LogP contribution in [0.25, 0.3) is 11.3 Å². The molecule has 0 spiro atoms. The summed E-state index contributed by atoms with van der Waals surface area (Å²) in [7, 11) is 0. The molecule has 98 valence electrons. The third-order valence-electron chi connectivity index (χ3n) is 2.92. The summed E-state index contributed by atoms with van der Waals surface area (Å²) >= 11 is 0. The Bertz CT molecular complexity index is 501. The second-order valence-electron chi connectivity index (χ2n) is 4.81. The molecule has 1 unspecified atom stereocenters. The Labute approximate surface area is 107 Å². The second kappa shape index (κ2) is 5.35. The smallest absolute Gasteiger partial charge is 0.154 e. The molecular weight excluding hydrogens is 228 g/mol. The average Bonchev–Trinajstić information content (AvgIpc) is 2.98. The molecule has 0 aliphatic rings. The first kappa shape index (κ1) is 12.8. The van der Waals surface area contributed by atoms with E-state index in [0.29, 0.717) is 6.04 Å². The molecule has 2 N–H and O–H groups in total. The van der Waals surface area contributed by atoms with Crippen LogP contribution < -0.4 is 5.73 Å². The molecule has 0 aliphatic carbocycles. The van der Waals surface area contributed by atoms with Gasteiger partial charge in [-0.05, 0) is 20.3 Å². The standard InChI is InChI=1S/C13H20N4O/c1-4-5-11(14)13-6-12(16-18-13)10-7-15-17(8-10)9(2)3/h6-9,11H,4-5,14H2,1-3H3. The minimum Gasteiger partial charge on any atom is -0.359 e. The Hall–Kier alpha value is -1.62. The maximum Gasteiger partial charge on any atom is 0.154 e. The van der Waals surface area contributed by atoms with Gasteiger partial charge in [-0.2, -0.15) is 5.10 Å². The van der Waals surface area contributed by atoms with E-state index in [-0.39, 0.29) is 6.04 Å². The summed E-state index contributed by atoms with van der Waals surface area (Å²) in [5, 5.41) is 8.34. The van der Waals surface area contributed by atoms with Crippen molar-refractivity contribution in [1.29, 1.82) is 0 Å². The minimum absolute atomic E-state index is 0.0728. The van der Waals surface area contributed by atoms with Crippen molar-refractivity contribution in [2.45, 2.75) is 45.7 Å². The molecule has 0 bridgehead atoms. The summed E-state index contributed by atoms with van der Waals surface area (Å²) in [4.78, 5) is 0. The van der Waals surface area contributed by atoms with Gasteiger partial charge in [0.25, 0.3) is 0 Å². The van der Waals surface area contributed by atoms with E-state index in [1.807, 2.05) is 16.9 Å². The summed E-state index contributed by atoms with van der Waals surface area (Å²) in [5.41, 5.74) is 7.75. The molecule has 18 heavy (non-hydrogen) atoms. The van der Waals surface area contributed by atoms with E-state index in [4.69, 9.17) is 10.3 Å². The highest BCUT2D eigenvalue weighted by molar-refractivity contribution is 5.56. The lowest BCUT2D eigenvalue weighted by Gasteiger charge is -2.03. The lowest BCUT2D eigenvalue weighted by Crippen LogP contribution is -2.08. The van der Waals surface area contributed by atoms with Gasteiger partial charge in [0, 0.05) is 23.9 Å². The third kappa shape index (κ3) is 2.61. The average molecular weight is 248 g/mol. The molecule has 2 rings (SSSR count). The molecule has 0 fully saturated rings. The summed E-state index contributed by atoms with van der Waals surface area (Å²) in [5.74, 6) is 0.740. The maximum absolute atomic E-state index is 6.00. The normalized spacial score (nSPS) is 13.2. The van der Waals surface area contributed by atoms with Gasteiger partial charge in [-0.15, -0.1) is 0 Å². The molecule has 0 saturated heterocycles. The zero-order valence-electron chi connectivity index (χ0n) is 11.1. The van der Waals surface area contributed by atoms with E-state index in [9.17, 15) is 0 Å². The van der Waals surface area contributed by atoms with Crippen molar-refractivity contribution in [1.82, 2.24) is 14.9 Å². The molecule has 0 aromatic carbocycles. The Kier molecular flexibility index (Phi) is 3.81. The Morgan fingerprint density at radius 2 is 2.22 bits per heavy atom. The fourth-order valence-corrected chi connectivity index (χ4v) is 1.81. The largest absolute Gasteiger partial charge is 0.359 e. The van der Waals surface area contributed by atoms with E-state index < -0.39 is 0 Å². The number of hydrogen-bond acceptors (Lipinski definition) is 4. The van der Waals surface area contributed by atoms with Crippen LogP contribution in [0.1, 0.15) is 51.5 Å². The molecule has 5 heteroatoms. The molecule has 0 amide bonds. The Morgan fingerprint density at radius 3 is 2.83 bits per heavy atom. The van der Waals surface area contributed by atoms with Crippen molar-refractivity contribution in [2.24, 2.45) is 5.73 Å². The van der Waals surface area contributed by atoms with Gasteiger partial charge in [-0.25, -0.2) is 0 Å². The molecule has 1 atom stereocenters. The molecule has 2 aromatic heterocycles. The number of rotatable bonds is 5. The Balaban J connectivity index is 2.18. The highest BCUT2D eigenvalue weighted by Crippen LogP contribution is 2.23. The molecule has 0 aliphatic heterocycles. The van der Waals surface area contributed by atoms with Gasteiger partial charge >= 0.3 is 0 Å². The van der Waals surface area contributed by atoms with E-state index in [2.05, 4.69) is 31.0 Å². The van der Waals surface area contributed by atoms with E-state index >= 15 is 0 Å². The van der Waals surface area contributed by atoms with Crippen molar-refractivity contribution >= 4 is 0 Å². The van der Waals surface area contributed by atoms with Gasteiger partial charge in [-0.1, -0.05) is 18.5 Å². The first-order valence-electron chi connectivity index (χ1n) is 6.38. The number of aromatic nitrogens is 3. The lowest BCUT2D eigenvalue weighted by atomic mass is 10.1. The van der Waals surface area contributed by atoms with Gasteiger partial charge < -0.3 is 10.3 Å². The maximum atomic E-state index is 6.00. The third-order valence-corrected chi connectivity index (χ3v) is 2.92. The number of hydrogen-bond donors (Lipinski definition) is 1. The molecule has 5 nitrogen and oxygen atoms in total. The fraction of sp³-hybridized carbons (Fsp3) is 0.538. The van der Waals surface area contributed by atoms with E-state index in [0.717, 1.165) is 29.9 Å². The van der Waals surface area contributed by atoms with Crippen molar-refractivity contribution in [3.05, 3.63) is 24.2 Å². The quantitative estimate of drug-likeness (QED) is 0.883. The summed E-state index contributed by atoms with van der Waals surface area (Å²) in [6.07, 6.45) is 5.70. The fourth-order valence-electron chi connectivity index (χ4n) is 1.81. The van der Waals surface area contributed by atoms with Crippen LogP contribution in [0.4, 0.5) is 0 Å². The van der Waals surface area contributed by atoms with Crippen molar-refractivity contribution < 1.29 is 4.52 Å². The van der Waals surface area contributed by atoms with Crippen LogP contribution >= 0.6 is 0 Å². The first-order chi connectivity index (χ1) is 8.61. The lowest BCUT2D eigenvalue weighted by molar-refractivity contribution is 0.356. The highest BCUT2D eigenvalue weighted by atomic mass is 16.5. The zero-order valence-corrected chi connectivity index (χ0v) is 11.1. The van der Waals surface area contributed by atoms with Crippen LogP contribution in [0.3, 0.4) is 0 Å². The first-order valence-corrected chi connectivity index (χ1v) is 6.38. The van der Waals surface area contributed by atoms with Crippen LogP contribution in [0.15, 0.2) is 23.0 Å².